The molecule has 6 heteroatoms. The van der Waals surface area contributed by atoms with Crippen LogP contribution in [0.25, 0.3) is 0 Å². The Morgan fingerprint density at radius 1 is 1.33 bits per heavy atom. The third kappa shape index (κ3) is 4.35. The summed E-state index contributed by atoms with van der Waals surface area (Å²) < 4.78 is 1.88. The van der Waals surface area contributed by atoms with Crippen LogP contribution in [0.5, 0.6) is 0 Å². The number of urea groups is 1. The number of piperidine rings is 1. The third-order valence-electron chi connectivity index (χ3n) is 4.40. The average molecular weight is 328 g/mol. The molecule has 0 bridgehead atoms. The van der Waals surface area contributed by atoms with Gasteiger partial charge in [0.15, 0.2) is 0 Å². The number of hydrogen-bond donors (Lipinski definition) is 2. The van der Waals surface area contributed by atoms with Gasteiger partial charge in [0.25, 0.3) is 0 Å². The van der Waals surface area contributed by atoms with Gasteiger partial charge in [-0.1, -0.05) is 24.3 Å². The predicted octanol–water partition coefficient (Wildman–Crippen LogP) is 1.85. The van der Waals surface area contributed by atoms with Gasteiger partial charge in [-0.2, -0.15) is 5.10 Å². The Kier molecular flexibility index (Phi) is 5.48. The van der Waals surface area contributed by atoms with E-state index in [0.717, 1.165) is 37.1 Å². The van der Waals surface area contributed by atoms with Crippen molar-refractivity contribution in [3.05, 3.63) is 53.9 Å². The SMILES string of the molecule is O=C(NCc1cccc(Cn2cccn2)c1)N1CCCC(CO)C1. The highest BCUT2D eigenvalue weighted by Gasteiger charge is 2.22. The van der Waals surface area contributed by atoms with Gasteiger partial charge in [-0.3, -0.25) is 4.68 Å². The van der Waals surface area contributed by atoms with Gasteiger partial charge in [-0.25, -0.2) is 4.79 Å². The van der Waals surface area contributed by atoms with Crippen molar-refractivity contribution in [2.24, 2.45) is 5.92 Å². The van der Waals surface area contributed by atoms with E-state index in [0.29, 0.717) is 13.1 Å². The number of nitrogens with zero attached hydrogens (tertiary/aromatic N) is 3. The van der Waals surface area contributed by atoms with E-state index in [-0.39, 0.29) is 18.6 Å². The van der Waals surface area contributed by atoms with Crippen LogP contribution in [0.4, 0.5) is 4.79 Å². The van der Waals surface area contributed by atoms with E-state index < -0.39 is 0 Å². The summed E-state index contributed by atoms with van der Waals surface area (Å²) in [6.45, 7) is 2.79. The third-order valence-corrected chi connectivity index (χ3v) is 4.40. The van der Waals surface area contributed by atoms with E-state index >= 15 is 0 Å². The first-order valence-corrected chi connectivity index (χ1v) is 8.43. The van der Waals surface area contributed by atoms with Crippen molar-refractivity contribution in [1.82, 2.24) is 20.0 Å². The Labute approximate surface area is 142 Å². The largest absolute Gasteiger partial charge is 0.396 e. The smallest absolute Gasteiger partial charge is 0.317 e. The van der Waals surface area contributed by atoms with Gasteiger partial charge < -0.3 is 15.3 Å². The molecule has 3 rings (SSSR count). The number of benzene rings is 1. The molecule has 0 saturated carbocycles. The van der Waals surface area contributed by atoms with E-state index in [1.54, 1.807) is 11.1 Å². The van der Waals surface area contributed by atoms with Gasteiger partial charge in [0.1, 0.15) is 0 Å². The van der Waals surface area contributed by atoms with Crippen molar-refractivity contribution >= 4 is 6.03 Å². The van der Waals surface area contributed by atoms with Crippen LogP contribution in [0.2, 0.25) is 0 Å². The molecular formula is C18H24N4O2. The number of carbonyl (C=O) groups is 1. The first kappa shape index (κ1) is 16.5. The Hall–Kier alpha value is -2.34. The molecule has 2 N–H and O–H groups in total. The maximum atomic E-state index is 12.3. The Morgan fingerprint density at radius 3 is 3.00 bits per heavy atom. The molecule has 1 atom stereocenters. The second-order valence-corrected chi connectivity index (χ2v) is 6.32. The average Bonchev–Trinajstić information content (AvgIpc) is 3.13. The number of amides is 2. The summed E-state index contributed by atoms with van der Waals surface area (Å²) in [6, 6.07) is 10.0. The van der Waals surface area contributed by atoms with Crippen molar-refractivity contribution in [2.45, 2.75) is 25.9 Å². The van der Waals surface area contributed by atoms with E-state index in [4.69, 9.17) is 0 Å². The minimum absolute atomic E-state index is 0.0503. The lowest BCUT2D eigenvalue weighted by molar-refractivity contribution is 0.129. The molecule has 1 unspecified atom stereocenters. The fourth-order valence-corrected chi connectivity index (χ4v) is 3.11. The second-order valence-electron chi connectivity index (χ2n) is 6.32. The van der Waals surface area contributed by atoms with Crippen LogP contribution in [0, 0.1) is 5.92 Å². The Balaban J connectivity index is 1.53. The maximum absolute atomic E-state index is 12.3. The van der Waals surface area contributed by atoms with E-state index in [1.165, 1.54) is 0 Å². The number of nitrogens with one attached hydrogen (secondary N) is 1. The van der Waals surface area contributed by atoms with Crippen molar-refractivity contribution in [1.29, 1.82) is 0 Å². The maximum Gasteiger partial charge on any atom is 0.317 e. The fourth-order valence-electron chi connectivity index (χ4n) is 3.11. The first-order chi connectivity index (χ1) is 11.7. The van der Waals surface area contributed by atoms with Crippen LogP contribution in [0.1, 0.15) is 24.0 Å². The number of hydrogen-bond acceptors (Lipinski definition) is 3. The van der Waals surface area contributed by atoms with Crippen molar-refractivity contribution in [3.8, 4) is 0 Å². The summed E-state index contributed by atoms with van der Waals surface area (Å²) in [4.78, 5) is 14.1. The molecule has 24 heavy (non-hydrogen) atoms. The second kappa shape index (κ2) is 7.97. The molecular weight excluding hydrogens is 304 g/mol. The van der Waals surface area contributed by atoms with Gasteiger partial charge in [0, 0.05) is 38.6 Å². The van der Waals surface area contributed by atoms with Crippen LogP contribution in [0.15, 0.2) is 42.7 Å². The van der Waals surface area contributed by atoms with Gasteiger partial charge in [0.05, 0.1) is 6.54 Å². The lowest BCUT2D eigenvalue weighted by Gasteiger charge is -2.31. The van der Waals surface area contributed by atoms with Crippen LogP contribution >= 0.6 is 0 Å². The standard InChI is InChI=1S/C18H24N4O2/c23-14-17-6-2-8-21(12-17)18(24)19-11-15-4-1-5-16(10-15)13-22-9-3-7-20-22/h1,3-5,7,9-10,17,23H,2,6,8,11-14H2,(H,19,24). The highest BCUT2D eigenvalue weighted by molar-refractivity contribution is 5.74. The zero-order valence-electron chi connectivity index (χ0n) is 13.8. The normalized spacial score (nSPS) is 17.7. The fraction of sp³-hybridized carbons (Fsp3) is 0.444. The highest BCUT2D eigenvalue weighted by atomic mass is 16.3. The molecule has 0 spiro atoms. The minimum atomic E-state index is -0.0503. The summed E-state index contributed by atoms with van der Waals surface area (Å²) in [7, 11) is 0. The summed E-state index contributed by atoms with van der Waals surface area (Å²) in [5.74, 6) is 0.210. The lowest BCUT2D eigenvalue weighted by Crippen LogP contribution is -2.45. The number of aromatic nitrogens is 2. The molecule has 2 aromatic rings. The van der Waals surface area contributed by atoms with Gasteiger partial charge >= 0.3 is 6.03 Å². The minimum Gasteiger partial charge on any atom is -0.396 e. The molecule has 1 aromatic carbocycles. The molecule has 0 aliphatic carbocycles. The Morgan fingerprint density at radius 2 is 2.21 bits per heavy atom. The molecule has 2 heterocycles. The number of likely N-dealkylation sites (tertiary alicyclic amines) is 1. The molecule has 1 aliphatic heterocycles. The lowest BCUT2D eigenvalue weighted by atomic mass is 9.99. The van der Waals surface area contributed by atoms with Crippen LogP contribution < -0.4 is 5.32 Å². The highest BCUT2D eigenvalue weighted by Crippen LogP contribution is 2.16. The summed E-state index contributed by atoms with van der Waals surface area (Å²) in [6.07, 6.45) is 5.65. The zero-order chi connectivity index (χ0) is 16.8. The predicted molar refractivity (Wildman–Crippen MR) is 91.4 cm³/mol. The Bertz CT molecular complexity index is 657. The molecule has 128 valence electrons. The molecule has 1 fully saturated rings. The van der Waals surface area contributed by atoms with Crippen molar-refractivity contribution in [2.75, 3.05) is 19.7 Å². The van der Waals surface area contributed by atoms with E-state index in [2.05, 4.69) is 22.5 Å². The van der Waals surface area contributed by atoms with E-state index in [9.17, 15) is 9.90 Å². The van der Waals surface area contributed by atoms with Gasteiger partial charge in [-0.05, 0) is 36.0 Å². The molecule has 1 aromatic heterocycles. The van der Waals surface area contributed by atoms with Crippen molar-refractivity contribution in [3.63, 3.8) is 0 Å². The van der Waals surface area contributed by atoms with Gasteiger partial charge in [-0.15, -0.1) is 0 Å². The molecule has 1 saturated heterocycles. The topological polar surface area (TPSA) is 70.4 Å². The molecule has 2 amide bonds. The summed E-state index contributed by atoms with van der Waals surface area (Å²) >= 11 is 0. The quantitative estimate of drug-likeness (QED) is 0.880. The van der Waals surface area contributed by atoms with E-state index in [1.807, 2.05) is 29.1 Å². The molecule has 1 aliphatic rings. The summed E-state index contributed by atoms with van der Waals surface area (Å²) in [5.41, 5.74) is 2.23. The zero-order valence-corrected chi connectivity index (χ0v) is 13.8. The van der Waals surface area contributed by atoms with Crippen LogP contribution in [-0.2, 0) is 13.1 Å². The molecule has 0 radical (unpaired) electrons. The van der Waals surface area contributed by atoms with Crippen LogP contribution in [-0.4, -0.2) is 45.5 Å². The molecule has 6 nitrogen and oxygen atoms in total. The van der Waals surface area contributed by atoms with Crippen molar-refractivity contribution < 1.29 is 9.90 Å². The number of rotatable bonds is 5. The number of aliphatic hydroxyl groups is 1. The van der Waals surface area contributed by atoms with Crippen LogP contribution in [0.3, 0.4) is 0 Å². The monoisotopic (exact) mass is 328 g/mol. The summed E-state index contributed by atoms with van der Waals surface area (Å²) in [5, 5.41) is 16.5. The van der Waals surface area contributed by atoms with Gasteiger partial charge in [0.2, 0.25) is 0 Å². The first-order valence-electron chi connectivity index (χ1n) is 8.43. The number of carbonyl (C=O) groups excluding carboxylic acids is 1. The number of aliphatic hydroxyl groups excluding tert-OH is 1.